The Morgan fingerprint density at radius 2 is 1.70 bits per heavy atom. The van der Waals surface area contributed by atoms with E-state index in [1.165, 1.54) is 28.8 Å². The van der Waals surface area contributed by atoms with Crippen molar-refractivity contribution >= 4 is 51.3 Å². The van der Waals surface area contributed by atoms with Crippen molar-refractivity contribution in [3.8, 4) is 16.9 Å². The Hall–Kier alpha value is -4.81. The molecular formula is C41H44ClF2N5O5. The third kappa shape index (κ3) is 8.00. The van der Waals surface area contributed by atoms with Crippen LogP contribution in [0.25, 0.3) is 21.9 Å². The van der Waals surface area contributed by atoms with Gasteiger partial charge in [-0.2, -0.15) is 0 Å². The number of benzene rings is 3. The first-order valence-electron chi connectivity index (χ1n) is 18.5. The molecule has 0 aliphatic carbocycles. The molecule has 4 aromatic rings. The van der Waals surface area contributed by atoms with Crippen LogP contribution < -0.4 is 25.8 Å². The summed E-state index contributed by atoms with van der Waals surface area (Å²) in [5, 5.41) is 6.80. The van der Waals surface area contributed by atoms with Crippen molar-refractivity contribution in [2.75, 3.05) is 50.1 Å². The molecule has 2 amide bonds. The average molecular weight is 760 g/mol. The number of aromatic nitrogens is 1. The maximum atomic E-state index is 15.2. The number of Topliss-reactive ketones (excluding diaryl/α,β-unsaturated/α-hetero) is 1. The molecule has 1 atom stereocenters. The van der Waals surface area contributed by atoms with E-state index in [0.717, 1.165) is 43.5 Å². The van der Waals surface area contributed by atoms with E-state index >= 15 is 4.39 Å². The maximum Gasteiger partial charge on any atom is 0.258 e. The third-order valence-corrected chi connectivity index (χ3v) is 11.6. The molecule has 0 bridgehead atoms. The number of hydrogen-bond donors (Lipinski definition) is 2. The van der Waals surface area contributed by atoms with Crippen molar-refractivity contribution in [3.05, 3.63) is 87.3 Å². The van der Waals surface area contributed by atoms with Crippen molar-refractivity contribution in [3.63, 3.8) is 0 Å². The Bertz CT molecular complexity index is 2160. The van der Waals surface area contributed by atoms with Gasteiger partial charge in [-0.3, -0.25) is 29.4 Å². The van der Waals surface area contributed by atoms with Crippen molar-refractivity contribution in [1.82, 2.24) is 14.8 Å². The number of likely N-dealkylation sites (tertiary alicyclic amines) is 1. The zero-order chi connectivity index (χ0) is 38.1. The van der Waals surface area contributed by atoms with Gasteiger partial charge in [0.25, 0.3) is 5.56 Å². The summed E-state index contributed by atoms with van der Waals surface area (Å²) in [5.74, 6) is -0.390. The highest BCUT2D eigenvalue weighted by molar-refractivity contribution is 6.32. The molecule has 54 heavy (non-hydrogen) atoms. The van der Waals surface area contributed by atoms with Gasteiger partial charge in [0.05, 0.1) is 19.3 Å². The number of methoxy groups -OCH3 is 1. The van der Waals surface area contributed by atoms with Gasteiger partial charge < -0.3 is 19.5 Å². The summed E-state index contributed by atoms with van der Waals surface area (Å²) in [6.45, 7) is 3.15. The molecule has 13 heteroatoms. The highest BCUT2D eigenvalue weighted by Gasteiger charge is 2.30. The fourth-order valence-corrected chi connectivity index (χ4v) is 8.42. The zero-order valence-electron chi connectivity index (χ0n) is 30.4. The predicted molar refractivity (Wildman–Crippen MR) is 205 cm³/mol. The number of nitrogens with zero attached hydrogens (tertiary/aromatic N) is 3. The summed E-state index contributed by atoms with van der Waals surface area (Å²) < 4.78 is 36.7. The van der Waals surface area contributed by atoms with Gasteiger partial charge in [0.15, 0.2) is 0 Å². The molecule has 284 valence electrons. The normalized spacial score (nSPS) is 18.9. The van der Waals surface area contributed by atoms with Crippen LogP contribution in [0.1, 0.15) is 44.1 Å². The first kappa shape index (κ1) is 37.5. The highest BCUT2D eigenvalue weighted by Crippen LogP contribution is 2.38. The van der Waals surface area contributed by atoms with E-state index < -0.39 is 23.6 Å². The molecule has 10 nitrogen and oxygen atoms in total. The second-order valence-corrected chi connectivity index (χ2v) is 15.2. The van der Waals surface area contributed by atoms with Gasteiger partial charge >= 0.3 is 0 Å². The molecule has 7 rings (SSSR count). The third-order valence-electron chi connectivity index (χ3n) is 11.2. The van der Waals surface area contributed by atoms with Gasteiger partial charge in [0.1, 0.15) is 29.2 Å². The summed E-state index contributed by atoms with van der Waals surface area (Å²) in [6, 6.07) is 12.1. The van der Waals surface area contributed by atoms with E-state index in [2.05, 4.69) is 15.5 Å². The Balaban J connectivity index is 0.910. The fourth-order valence-electron chi connectivity index (χ4n) is 8.13. The van der Waals surface area contributed by atoms with Crippen LogP contribution in [0, 0.1) is 23.5 Å². The zero-order valence-corrected chi connectivity index (χ0v) is 31.2. The predicted octanol–water partition coefficient (Wildman–Crippen LogP) is 6.10. The number of nitrogens with one attached hydrogen (secondary N) is 2. The molecule has 3 aromatic carbocycles. The van der Waals surface area contributed by atoms with Crippen LogP contribution in [-0.4, -0.2) is 72.9 Å². The standard InChI is InChI=1S/C41H44ClF2N5O5/c1-47-22-32(30-20-27(43)3-5-29(30)41(47)53)26-18-33(42)31(38(19-26)54-2)17-24-9-13-48(14-10-24)23-37(50)25-11-15-49(16-12-25)36-7-4-28(21-34(36)44)45-35-6-8-39(51)46-40(35)52/h3-5,7,18-22,24-25,35,45H,6,8-17,23H2,1-2H3,(H,46,51,52). The van der Waals surface area contributed by atoms with Crippen LogP contribution >= 0.6 is 11.6 Å². The molecule has 3 aliphatic rings. The summed E-state index contributed by atoms with van der Waals surface area (Å²) in [7, 11) is 3.27. The van der Waals surface area contributed by atoms with Gasteiger partial charge in [-0.25, -0.2) is 8.78 Å². The largest absolute Gasteiger partial charge is 0.496 e. The Morgan fingerprint density at radius 3 is 2.41 bits per heavy atom. The molecule has 3 saturated heterocycles. The number of fused-ring (bicyclic) bond motifs is 1. The van der Waals surface area contributed by atoms with Crippen LogP contribution in [0.2, 0.25) is 5.02 Å². The SMILES string of the molecule is COc1cc(-c2cn(C)c(=O)c3ccc(F)cc23)cc(Cl)c1CC1CCN(CC(=O)C2CCN(c3ccc(NC4CCC(=O)NC4=O)cc3F)CC2)CC1. The number of carbonyl (C=O) groups excluding carboxylic acids is 3. The number of pyridine rings is 1. The lowest BCUT2D eigenvalue weighted by Crippen LogP contribution is -2.47. The smallest absolute Gasteiger partial charge is 0.258 e. The molecule has 0 radical (unpaired) electrons. The highest BCUT2D eigenvalue weighted by atomic mass is 35.5. The van der Waals surface area contributed by atoms with E-state index in [1.54, 1.807) is 32.5 Å². The molecule has 1 aromatic heterocycles. The minimum absolute atomic E-state index is 0.0715. The van der Waals surface area contributed by atoms with E-state index in [9.17, 15) is 23.6 Å². The summed E-state index contributed by atoms with van der Waals surface area (Å²) in [4.78, 5) is 53.8. The van der Waals surface area contributed by atoms with E-state index in [-0.39, 0.29) is 29.6 Å². The number of anilines is 2. The Morgan fingerprint density at radius 1 is 0.944 bits per heavy atom. The number of piperidine rings is 3. The lowest BCUT2D eigenvalue weighted by Gasteiger charge is -2.35. The van der Waals surface area contributed by atoms with E-state index in [0.29, 0.717) is 83.3 Å². The summed E-state index contributed by atoms with van der Waals surface area (Å²) in [6.07, 6.45) is 6.14. The molecular weight excluding hydrogens is 716 g/mol. The van der Waals surface area contributed by atoms with Crippen LogP contribution in [-0.2, 0) is 27.9 Å². The number of aryl methyl sites for hydroxylation is 1. The van der Waals surface area contributed by atoms with Crippen molar-refractivity contribution in [2.45, 2.75) is 51.0 Å². The average Bonchev–Trinajstić information content (AvgIpc) is 3.15. The fraction of sp³-hybridized carbons (Fsp3) is 0.415. The number of halogens is 3. The second-order valence-electron chi connectivity index (χ2n) is 14.8. The molecule has 1 unspecified atom stereocenters. The summed E-state index contributed by atoms with van der Waals surface area (Å²) in [5.41, 5.74) is 3.06. The van der Waals surface area contributed by atoms with Crippen molar-refractivity contribution in [2.24, 2.45) is 18.9 Å². The second kappa shape index (κ2) is 15.9. The van der Waals surface area contributed by atoms with Gasteiger partial charge in [0, 0.05) is 65.9 Å². The number of ether oxygens (including phenoxy) is 1. The van der Waals surface area contributed by atoms with Crippen molar-refractivity contribution < 1.29 is 27.9 Å². The van der Waals surface area contributed by atoms with Crippen LogP contribution in [0.5, 0.6) is 5.75 Å². The lowest BCUT2D eigenvalue weighted by molar-refractivity contribution is -0.133. The number of hydrogen-bond acceptors (Lipinski definition) is 8. The number of ketones is 1. The van der Waals surface area contributed by atoms with Crippen LogP contribution in [0.3, 0.4) is 0 Å². The minimum atomic E-state index is -0.586. The number of imide groups is 1. The Kier molecular flexibility index (Phi) is 11.0. The van der Waals surface area contributed by atoms with Crippen molar-refractivity contribution in [1.29, 1.82) is 0 Å². The first-order chi connectivity index (χ1) is 26.0. The van der Waals surface area contributed by atoms with Crippen LogP contribution in [0.4, 0.5) is 20.2 Å². The minimum Gasteiger partial charge on any atom is -0.496 e. The molecule has 2 N–H and O–H groups in total. The lowest BCUT2D eigenvalue weighted by atomic mass is 9.88. The monoisotopic (exact) mass is 759 g/mol. The topological polar surface area (TPSA) is 113 Å². The molecule has 0 spiro atoms. The molecule has 3 fully saturated rings. The first-order valence-corrected chi connectivity index (χ1v) is 18.9. The van der Waals surface area contributed by atoms with E-state index in [4.69, 9.17) is 16.3 Å². The quantitative estimate of drug-likeness (QED) is 0.187. The van der Waals surface area contributed by atoms with Gasteiger partial charge in [-0.1, -0.05) is 11.6 Å². The molecule has 4 heterocycles. The number of rotatable bonds is 10. The summed E-state index contributed by atoms with van der Waals surface area (Å²) >= 11 is 6.90. The van der Waals surface area contributed by atoms with E-state index in [1.807, 2.05) is 17.0 Å². The van der Waals surface area contributed by atoms with Gasteiger partial charge in [0.2, 0.25) is 11.8 Å². The Labute approximate surface area is 317 Å². The molecule has 0 saturated carbocycles. The van der Waals surface area contributed by atoms with Gasteiger partial charge in [-0.05, 0) is 117 Å². The van der Waals surface area contributed by atoms with Crippen LogP contribution in [0.15, 0.2) is 59.5 Å². The maximum absolute atomic E-state index is 15.2. The number of amides is 2. The van der Waals surface area contributed by atoms with Gasteiger partial charge in [-0.15, -0.1) is 0 Å². The molecule has 3 aliphatic heterocycles. The number of carbonyl (C=O) groups is 3.